The van der Waals surface area contributed by atoms with Crippen LogP contribution in [0.25, 0.3) is 10.8 Å². The average Bonchev–Trinajstić information content (AvgIpc) is 2.97. The molecule has 21 heavy (non-hydrogen) atoms. The van der Waals surface area contributed by atoms with Crippen LogP contribution < -0.4 is 0 Å². The molecule has 106 valence electrons. The Morgan fingerprint density at radius 3 is 2.57 bits per heavy atom. The Kier molecular flexibility index (Phi) is 4.03. The molecule has 0 bridgehead atoms. The van der Waals surface area contributed by atoms with E-state index in [2.05, 4.69) is 15.0 Å². The van der Waals surface area contributed by atoms with Crippen LogP contribution in [0.15, 0.2) is 48.1 Å². The molecular formula is C16H15N3OS. The topological polar surface area (TPSA) is 58.9 Å². The fourth-order valence-corrected chi connectivity index (χ4v) is 2.77. The van der Waals surface area contributed by atoms with E-state index < -0.39 is 6.10 Å². The molecule has 0 aliphatic heterocycles. The lowest BCUT2D eigenvalue weighted by Gasteiger charge is -2.08. The van der Waals surface area contributed by atoms with E-state index in [1.54, 1.807) is 12.4 Å². The number of hydrogen-bond donors (Lipinski definition) is 1. The number of aliphatic hydroxyl groups is 1. The van der Waals surface area contributed by atoms with Crippen LogP contribution in [0.1, 0.15) is 22.9 Å². The summed E-state index contributed by atoms with van der Waals surface area (Å²) >= 11 is 1.50. The van der Waals surface area contributed by atoms with Crippen molar-refractivity contribution in [3.05, 3.63) is 64.9 Å². The fraction of sp³-hybridized carbons (Fsp3) is 0.188. The van der Waals surface area contributed by atoms with Gasteiger partial charge in [-0.1, -0.05) is 30.3 Å². The van der Waals surface area contributed by atoms with Gasteiger partial charge in [-0.2, -0.15) is 0 Å². The van der Waals surface area contributed by atoms with Gasteiger partial charge in [-0.15, -0.1) is 11.3 Å². The summed E-state index contributed by atoms with van der Waals surface area (Å²) in [5.74, 6) is 0.631. The van der Waals surface area contributed by atoms with E-state index in [1.807, 2.05) is 42.6 Å². The molecule has 0 aliphatic rings. The predicted molar refractivity (Wildman–Crippen MR) is 83.0 cm³/mol. The molecule has 2 aromatic heterocycles. The van der Waals surface area contributed by atoms with Gasteiger partial charge in [0.2, 0.25) is 0 Å². The quantitative estimate of drug-likeness (QED) is 0.803. The van der Waals surface area contributed by atoms with Crippen LogP contribution in [-0.4, -0.2) is 20.1 Å². The van der Waals surface area contributed by atoms with Crippen LogP contribution in [0.3, 0.4) is 0 Å². The first-order valence-corrected chi connectivity index (χ1v) is 7.57. The predicted octanol–water partition coefficient (Wildman–Crippen LogP) is 3.18. The molecule has 2 heterocycles. The van der Waals surface area contributed by atoms with E-state index >= 15 is 0 Å². The van der Waals surface area contributed by atoms with Crippen molar-refractivity contribution in [3.8, 4) is 10.8 Å². The first-order valence-electron chi connectivity index (χ1n) is 6.69. The van der Waals surface area contributed by atoms with Crippen molar-refractivity contribution in [3.63, 3.8) is 0 Å². The smallest absolute Gasteiger partial charge is 0.188 e. The first-order chi connectivity index (χ1) is 10.2. The third kappa shape index (κ3) is 3.32. The van der Waals surface area contributed by atoms with Crippen LogP contribution in [0.4, 0.5) is 0 Å². The highest BCUT2D eigenvalue weighted by atomic mass is 32.1. The minimum absolute atomic E-state index is 0.492. The Hall–Kier alpha value is -2.11. The molecule has 5 heteroatoms. The molecule has 0 aliphatic carbocycles. The van der Waals surface area contributed by atoms with Gasteiger partial charge in [0.05, 0.1) is 11.8 Å². The van der Waals surface area contributed by atoms with Gasteiger partial charge in [-0.3, -0.25) is 0 Å². The zero-order valence-corrected chi connectivity index (χ0v) is 12.4. The Bertz CT molecular complexity index is 710. The highest BCUT2D eigenvalue weighted by Gasteiger charge is 2.12. The van der Waals surface area contributed by atoms with E-state index in [-0.39, 0.29) is 0 Å². The molecule has 1 aromatic carbocycles. The van der Waals surface area contributed by atoms with Gasteiger partial charge in [0.25, 0.3) is 0 Å². The lowest BCUT2D eigenvalue weighted by molar-refractivity contribution is 0.177. The van der Waals surface area contributed by atoms with Gasteiger partial charge >= 0.3 is 0 Å². The van der Waals surface area contributed by atoms with Gasteiger partial charge in [0, 0.05) is 24.2 Å². The normalized spacial score (nSPS) is 12.3. The second-order valence-electron chi connectivity index (χ2n) is 4.86. The number of hydrogen-bond acceptors (Lipinski definition) is 5. The van der Waals surface area contributed by atoms with E-state index in [0.717, 1.165) is 21.8 Å². The lowest BCUT2D eigenvalue weighted by Crippen LogP contribution is -2.01. The summed E-state index contributed by atoms with van der Waals surface area (Å²) in [5, 5.41) is 13.0. The number of aromatic nitrogens is 3. The van der Waals surface area contributed by atoms with Crippen molar-refractivity contribution in [2.45, 2.75) is 19.4 Å². The molecule has 3 rings (SSSR count). The van der Waals surface area contributed by atoms with Crippen LogP contribution in [0.2, 0.25) is 0 Å². The second kappa shape index (κ2) is 6.11. The van der Waals surface area contributed by atoms with Crippen LogP contribution in [-0.2, 0) is 6.42 Å². The standard InChI is InChI=1S/C16H15N3OS/c1-11-8-17-15(18-9-11)16-19-13(10-21-16)7-14(20)12-5-3-2-4-6-12/h2-6,8-10,14,20H,7H2,1H3. The maximum Gasteiger partial charge on any atom is 0.188 e. The zero-order chi connectivity index (χ0) is 14.7. The van der Waals surface area contributed by atoms with E-state index in [9.17, 15) is 5.11 Å². The van der Waals surface area contributed by atoms with Crippen LogP contribution >= 0.6 is 11.3 Å². The number of rotatable bonds is 4. The van der Waals surface area contributed by atoms with Gasteiger partial charge in [-0.25, -0.2) is 15.0 Å². The molecular weight excluding hydrogens is 282 g/mol. The molecule has 0 saturated heterocycles. The maximum absolute atomic E-state index is 10.2. The minimum atomic E-state index is -0.542. The molecule has 0 fully saturated rings. The number of thiazole rings is 1. The lowest BCUT2D eigenvalue weighted by atomic mass is 10.1. The van der Waals surface area contributed by atoms with Crippen molar-refractivity contribution in [1.29, 1.82) is 0 Å². The molecule has 1 unspecified atom stereocenters. The number of benzene rings is 1. The van der Waals surface area contributed by atoms with E-state index in [0.29, 0.717) is 12.2 Å². The Balaban J connectivity index is 1.75. The summed E-state index contributed by atoms with van der Waals surface area (Å²) < 4.78 is 0. The zero-order valence-electron chi connectivity index (χ0n) is 11.6. The van der Waals surface area contributed by atoms with E-state index in [1.165, 1.54) is 11.3 Å². The molecule has 1 N–H and O–H groups in total. The summed E-state index contributed by atoms with van der Waals surface area (Å²) in [6.45, 7) is 1.95. The fourth-order valence-electron chi connectivity index (χ4n) is 2.00. The number of aliphatic hydroxyl groups excluding tert-OH is 1. The molecule has 0 saturated carbocycles. The van der Waals surface area contributed by atoms with Gasteiger partial charge in [-0.05, 0) is 18.1 Å². The van der Waals surface area contributed by atoms with Crippen molar-refractivity contribution in [2.24, 2.45) is 0 Å². The highest BCUT2D eigenvalue weighted by Crippen LogP contribution is 2.23. The van der Waals surface area contributed by atoms with Gasteiger partial charge in [0.15, 0.2) is 10.8 Å². The molecule has 4 nitrogen and oxygen atoms in total. The first kappa shape index (κ1) is 13.9. The third-order valence-electron chi connectivity index (χ3n) is 3.11. The van der Waals surface area contributed by atoms with E-state index in [4.69, 9.17) is 0 Å². The van der Waals surface area contributed by atoms with Gasteiger partial charge in [0.1, 0.15) is 0 Å². The summed E-state index contributed by atoms with van der Waals surface area (Å²) in [5.41, 5.74) is 2.78. The van der Waals surface area contributed by atoms with Crippen molar-refractivity contribution in [2.75, 3.05) is 0 Å². The van der Waals surface area contributed by atoms with Crippen molar-refractivity contribution >= 4 is 11.3 Å². The summed E-state index contributed by atoms with van der Waals surface area (Å²) in [7, 11) is 0. The van der Waals surface area contributed by atoms with Gasteiger partial charge < -0.3 is 5.11 Å². The second-order valence-corrected chi connectivity index (χ2v) is 5.72. The SMILES string of the molecule is Cc1cnc(-c2nc(CC(O)c3ccccc3)cs2)nc1. The molecule has 3 aromatic rings. The van der Waals surface area contributed by atoms with Crippen LogP contribution in [0, 0.1) is 6.92 Å². The summed E-state index contributed by atoms with van der Waals surface area (Å²) in [6.07, 6.45) is 3.51. The Morgan fingerprint density at radius 1 is 1.14 bits per heavy atom. The highest BCUT2D eigenvalue weighted by molar-refractivity contribution is 7.13. The maximum atomic E-state index is 10.2. The Morgan fingerprint density at radius 2 is 1.86 bits per heavy atom. The molecule has 1 atom stereocenters. The molecule has 0 radical (unpaired) electrons. The molecule has 0 amide bonds. The number of aryl methyl sites for hydroxylation is 1. The Labute approximate surface area is 127 Å². The largest absolute Gasteiger partial charge is 0.388 e. The third-order valence-corrected chi connectivity index (χ3v) is 4.00. The summed E-state index contributed by atoms with van der Waals surface area (Å²) in [6, 6.07) is 9.62. The average molecular weight is 297 g/mol. The minimum Gasteiger partial charge on any atom is -0.388 e. The van der Waals surface area contributed by atoms with Crippen molar-refractivity contribution in [1.82, 2.24) is 15.0 Å². The summed E-state index contributed by atoms with van der Waals surface area (Å²) in [4.78, 5) is 13.1. The number of nitrogens with zero attached hydrogens (tertiary/aromatic N) is 3. The van der Waals surface area contributed by atoms with Crippen LogP contribution in [0.5, 0.6) is 0 Å². The monoisotopic (exact) mass is 297 g/mol. The molecule has 0 spiro atoms. The van der Waals surface area contributed by atoms with Crippen molar-refractivity contribution < 1.29 is 5.11 Å².